The van der Waals surface area contributed by atoms with E-state index in [0.29, 0.717) is 5.41 Å². The highest BCUT2D eigenvalue weighted by molar-refractivity contribution is 14.1. The first kappa shape index (κ1) is 10.2. The fraction of sp³-hybridized carbons (Fsp3) is 0.556. The van der Waals surface area contributed by atoms with E-state index in [1.807, 2.05) is 0 Å². The third-order valence-electron chi connectivity index (χ3n) is 0.933. The molecule has 0 heterocycles. The highest BCUT2D eigenvalue weighted by Crippen LogP contribution is 2.14. The summed E-state index contributed by atoms with van der Waals surface area (Å²) in [6.07, 6.45) is 8.55. The molecule has 0 fully saturated rings. The maximum atomic E-state index is 2.33. The standard InChI is InChI=1S/C9H15I/c1-9(2,3)7-5-4-6-8-10/h4-7H,8H2,1-3H3/b6-4+,7-5+. The van der Waals surface area contributed by atoms with E-state index >= 15 is 0 Å². The average molecular weight is 250 g/mol. The molecule has 0 aliphatic rings. The van der Waals surface area contributed by atoms with Crippen molar-refractivity contribution >= 4 is 22.6 Å². The summed E-state index contributed by atoms with van der Waals surface area (Å²) in [5.41, 5.74) is 0.315. The molecule has 0 nitrogen and oxygen atoms in total. The Labute approximate surface area is 77.5 Å². The van der Waals surface area contributed by atoms with Gasteiger partial charge in [-0.05, 0) is 5.41 Å². The topological polar surface area (TPSA) is 0 Å². The monoisotopic (exact) mass is 250 g/mol. The summed E-state index contributed by atoms with van der Waals surface area (Å²) in [5, 5.41) is 0. The van der Waals surface area contributed by atoms with Gasteiger partial charge in [-0.2, -0.15) is 0 Å². The number of rotatable bonds is 2. The van der Waals surface area contributed by atoms with Crippen LogP contribution in [-0.2, 0) is 0 Å². The molecule has 0 bridgehead atoms. The molecular weight excluding hydrogens is 235 g/mol. The summed E-state index contributed by atoms with van der Waals surface area (Å²) in [4.78, 5) is 0. The molecule has 10 heavy (non-hydrogen) atoms. The van der Waals surface area contributed by atoms with E-state index in [1.165, 1.54) is 0 Å². The Morgan fingerprint density at radius 1 is 1.20 bits per heavy atom. The lowest BCUT2D eigenvalue weighted by molar-refractivity contribution is 0.544. The maximum absolute atomic E-state index is 2.33. The summed E-state index contributed by atoms with van der Waals surface area (Å²) in [6, 6.07) is 0. The minimum atomic E-state index is 0.315. The normalized spacial score (nSPS) is 13.6. The molecule has 0 atom stereocenters. The third-order valence-corrected chi connectivity index (χ3v) is 1.44. The lowest BCUT2D eigenvalue weighted by Gasteiger charge is -2.09. The van der Waals surface area contributed by atoms with Crippen LogP contribution in [0.4, 0.5) is 0 Å². The fourth-order valence-corrected chi connectivity index (χ4v) is 0.768. The molecule has 0 rings (SSSR count). The molecular formula is C9H15I. The largest absolute Gasteiger partial charge is 0.0818 e. The smallest absolute Gasteiger partial charge is 0.0178 e. The summed E-state index contributed by atoms with van der Waals surface area (Å²) in [5.74, 6) is 0. The molecule has 0 unspecified atom stereocenters. The zero-order valence-corrected chi connectivity index (χ0v) is 9.05. The van der Waals surface area contributed by atoms with E-state index in [-0.39, 0.29) is 0 Å². The predicted octanol–water partition coefficient (Wildman–Crippen LogP) is 3.58. The van der Waals surface area contributed by atoms with Gasteiger partial charge in [0.15, 0.2) is 0 Å². The molecule has 0 aromatic heterocycles. The molecule has 0 amide bonds. The second-order valence-corrected chi connectivity index (χ2v) is 4.19. The molecule has 0 N–H and O–H groups in total. The van der Waals surface area contributed by atoms with E-state index in [1.54, 1.807) is 0 Å². The van der Waals surface area contributed by atoms with Crippen LogP contribution < -0.4 is 0 Å². The first-order valence-electron chi connectivity index (χ1n) is 3.46. The van der Waals surface area contributed by atoms with Crippen LogP contribution in [-0.4, -0.2) is 4.43 Å². The van der Waals surface area contributed by atoms with Crippen LogP contribution in [0.3, 0.4) is 0 Å². The zero-order chi connectivity index (χ0) is 8.04. The van der Waals surface area contributed by atoms with Crippen LogP contribution in [0.2, 0.25) is 0 Å². The van der Waals surface area contributed by atoms with Crippen molar-refractivity contribution in [3.05, 3.63) is 24.3 Å². The number of hydrogen-bond donors (Lipinski definition) is 0. The minimum absolute atomic E-state index is 0.315. The Bertz CT molecular complexity index is 126. The van der Waals surface area contributed by atoms with E-state index in [4.69, 9.17) is 0 Å². The van der Waals surface area contributed by atoms with Crippen molar-refractivity contribution in [1.29, 1.82) is 0 Å². The lowest BCUT2D eigenvalue weighted by Crippen LogP contribution is -1.97. The van der Waals surface area contributed by atoms with Crippen LogP contribution >= 0.6 is 22.6 Å². The van der Waals surface area contributed by atoms with E-state index in [0.717, 1.165) is 4.43 Å². The molecule has 1 heteroatoms. The van der Waals surface area contributed by atoms with Crippen LogP contribution in [0.25, 0.3) is 0 Å². The van der Waals surface area contributed by atoms with Gasteiger partial charge in [-0.15, -0.1) is 0 Å². The lowest BCUT2D eigenvalue weighted by atomic mass is 9.96. The van der Waals surface area contributed by atoms with Crippen LogP contribution in [0.5, 0.6) is 0 Å². The Kier molecular flexibility index (Phi) is 5.04. The molecule has 58 valence electrons. The van der Waals surface area contributed by atoms with Gasteiger partial charge in [0.05, 0.1) is 0 Å². The Morgan fingerprint density at radius 3 is 2.20 bits per heavy atom. The first-order chi connectivity index (χ1) is 4.56. The van der Waals surface area contributed by atoms with E-state index in [2.05, 4.69) is 67.7 Å². The van der Waals surface area contributed by atoms with Gasteiger partial charge in [-0.25, -0.2) is 0 Å². The van der Waals surface area contributed by atoms with Crippen molar-refractivity contribution < 1.29 is 0 Å². The summed E-state index contributed by atoms with van der Waals surface area (Å²) < 4.78 is 1.09. The maximum Gasteiger partial charge on any atom is 0.0178 e. The Morgan fingerprint density at radius 2 is 1.80 bits per heavy atom. The SMILES string of the molecule is CC(C)(C)/C=C/C=C/CI. The Hall–Kier alpha value is 0.210. The summed E-state index contributed by atoms with van der Waals surface area (Å²) in [7, 11) is 0. The second kappa shape index (κ2) is 4.94. The molecule has 0 aliphatic carbocycles. The van der Waals surface area contributed by atoms with Crippen molar-refractivity contribution in [2.45, 2.75) is 20.8 Å². The average Bonchev–Trinajstić information content (AvgIpc) is 1.78. The quantitative estimate of drug-likeness (QED) is 0.399. The molecule has 0 aromatic rings. The van der Waals surface area contributed by atoms with Crippen molar-refractivity contribution in [3.8, 4) is 0 Å². The van der Waals surface area contributed by atoms with Crippen molar-refractivity contribution in [2.24, 2.45) is 5.41 Å². The fourth-order valence-electron chi connectivity index (χ4n) is 0.474. The van der Waals surface area contributed by atoms with Crippen LogP contribution in [0, 0.1) is 5.41 Å². The third kappa shape index (κ3) is 8.21. The highest BCUT2D eigenvalue weighted by atomic mass is 127. The van der Waals surface area contributed by atoms with E-state index in [9.17, 15) is 0 Å². The van der Waals surface area contributed by atoms with Crippen LogP contribution in [0.1, 0.15) is 20.8 Å². The molecule has 0 saturated heterocycles. The van der Waals surface area contributed by atoms with Gasteiger partial charge in [0.2, 0.25) is 0 Å². The number of allylic oxidation sites excluding steroid dienone is 4. The van der Waals surface area contributed by atoms with Gasteiger partial charge in [-0.1, -0.05) is 67.7 Å². The van der Waals surface area contributed by atoms with Crippen molar-refractivity contribution in [1.82, 2.24) is 0 Å². The Balaban J connectivity index is 3.66. The zero-order valence-electron chi connectivity index (χ0n) is 6.89. The van der Waals surface area contributed by atoms with Crippen molar-refractivity contribution in [3.63, 3.8) is 0 Å². The number of halogens is 1. The first-order valence-corrected chi connectivity index (χ1v) is 4.99. The second-order valence-electron chi connectivity index (χ2n) is 3.31. The summed E-state index contributed by atoms with van der Waals surface area (Å²) in [6.45, 7) is 6.59. The van der Waals surface area contributed by atoms with Gasteiger partial charge in [0, 0.05) is 4.43 Å². The van der Waals surface area contributed by atoms with Gasteiger partial charge < -0.3 is 0 Å². The van der Waals surface area contributed by atoms with E-state index < -0.39 is 0 Å². The number of hydrogen-bond acceptors (Lipinski definition) is 0. The van der Waals surface area contributed by atoms with Gasteiger partial charge in [0.25, 0.3) is 0 Å². The van der Waals surface area contributed by atoms with Gasteiger partial charge in [-0.3, -0.25) is 0 Å². The van der Waals surface area contributed by atoms with Gasteiger partial charge in [0.1, 0.15) is 0 Å². The molecule has 0 radical (unpaired) electrons. The molecule has 0 aliphatic heterocycles. The predicted molar refractivity (Wildman–Crippen MR) is 56.6 cm³/mol. The number of alkyl halides is 1. The molecule has 0 spiro atoms. The molecule has 0 saturated carbocycles. The molecule has 0 aromatic carbocycles. The summed E-state index contributed by atoms with van der Waals surface area (Å²) >= 11 is 2.33. The highest BCUT2D eigenvalue weighted by Gasteiger charge is 2.01. The minimum Gasteiger partial charge on any atom is -0.0818 e. The van der Waals surface area contributed by atoms with Gasteiger partial charge >= 0.3 is 0 Å². The van der Waals surface area contributed by atoms with Crippen molar-refractivity contribution in [2.75, 3.05) is 4.43 Å². The van der Waals surface area contributed by atoms with Crippen LogP contribution in [0.15, 0.2) is 24.3 Å².